The van der Waals surface area contributed by atoms with Gasteiger partial charge in [0.1, 0.15) is 0 Å². The quantitative estimate of drug-likeness (QED) is 0.835. The number of thioether (sulfide) groups is 1. The summed E-state index contributed by atoms with van der Waals surface area (Å²) < 4.78 is 5.42. The standard InChI is InChI=1S/C15H27N3OS/c1-4-11(2)20-10-14-17-15(19-18-14)9-12-7-5-6-8-13(12)16-3/h11-13,16H,4-10H2,1-3H3. The van der Waals surface area contributed by atoms with Crippen molar-refractivity contribution in [1.82, 2.24) is 15.5 Å². The molecular weight excluding hydrogens is 270 g/mol. The fourth-order valence-corrected chi connectivity index (χ4v) is 3.61. The average molecular weight is 297 g/mol. The summed E-state index contributed by atoms with van der Waals surface area (Å²) in [6.45, 7) is 4.45. The van der Waals surface area contributed by atoms with E-state index in [2.05, 4.69) is 36.4 Å². The second kappa shape index (κ2) is 8.03. The summed E-state index contributed by atoms with van der Waals surface area (Å²) in [4.78, 5) is 4.55. The van der Waals surface area contributed by atoms with E-state index in [1.807, 2.05) is 11.8 Å². The predicted molar refractivity (Wildman–Crippen MR) is 83.9 cm³/mol. The molecule has 1 aromatic heterocycles. The lowest BCUT2D eigenvalue weighted by Gasteiger charge is -2.30. The SMILES string of the molecule is CCC(C)SCc1noc(CC2CCCCC2NC)n1. The molecule has 0 aliphatic heterocycles. The highest BCUT2D eigenvalue weighted by Crippen LogP contribution is 2.27. The summed E-state index contributed by atoms with van der Waals surface area (Å²) in [7, 11) is 2.06. The third kappa shape index (κ3) is 4.48. The van der Waals surface area contributed by atoms with Gasteiger partial charge in [-0.1, -0.05) is 31.8 Å². The maximum absolute atomic E-state index is 5.42. The van der Waals surface area contributed by atoms with Gasteiger partial charge in [-0.25, -0.2) is 0 Å². The molecule has 0 spiro atoms. The van der Waals surface area contributed by atoms with Gasteiger partial charge in [0.05, 0.1) is 5.75 Å². The Morgan fingerprint density at radius 1 is 1.40 bits per heavy atom. The Morgan fingerprint density at radius 3 is 2.95 bits per heavy atom. The second-order valence-corrected chi connectivity index (χ2v) is 7.20. The first-order chi connectivity index (χ1) is 9.72. The van der Waals surface area contributed by atoms with Crippen molar-refractivity contribution < 1.29 is 4.52 Å². The van der Waals surface area contributed by atoms with Crippen LogP contribution in [0.4, 0.5) is 0 Å². The van der Waals surface area contributed by atoms with Gasteiger partial charge >= 0.3 is 0 Å². The van der Waals surface area contributed by atoms with Crippen molar-refractivity contribution in [1.29, 1.82) is 0 Å². The molecule has 3 unspecified atom stereocenters. The molecule has 1 heterocycles. The number of nitrogens with one attached hydrogen (secondary N) is 1. The van der Waals surface area contributed by atoms with Gasteiger partial charge in [-0.3, -0.25) is 0 Å². The van der Waals surface area contributed by atoms with Crippen LogP contribution in [-0.2, 0) is 12.2 Å². The lowest BCUT2D eigenvalue weighted by molar-refractivity contribution is 0.248. The van der Waals surface area contributed by atoms with Crippen molar-refractivity contribution in [2.24, 2.45) is 5.92 Å². The molecule has 1 aromatic rings. The Hall–Kier alpha value is -0.550. The molecule has 5 heteroatoms. The van der Waals surface area contributed by atoms with Gasteiger partial charge in [-0.15, -0.1) is 0 Å². The van der Waals surface area contributed by atoms with Crippen LogP contribution in [0.15, 0.2) is 4.52 Å². The first-order valence-electron chi connectivity index (χ1n) is 7.83. The zero-order chi connectivity index (χ0) is 14.4. The van der Waals surface area contributed by atoms with Crippen molar-refractivity contribution in [3.63, 3.8) is 0 Å². The van der Waals surface area contributed by atoms with Gasteiger partial charge in [0.2, 0.25) is 5.89 Å². The normalized spacial score (nSPS) is 24.8. The molecule has 0 amide bonds. The van der Waals surface area contributed by atoms with Crippen LogP contribution >= 0.6 is 11.8 Å². The summed E-state index contributed by atoms with van der Waals surface area (Å²) in [5.74, 6) is 3.17. The highest BCUT2D eigenvalue weighted by molar-refractivity contribution is 7.99. The zero-order valence-corrected chi connectivity index (χ0v) is 13.7. The van der Waals surface area contributed by atoms with Crippen molar-refractivity contribution >= 4 is 11.8 Å². The van der Waals surface area contributed by atoms with Crippen molar-refractivity contribution in [2.75, 3.05) is 7.05 Å². The molecule has 1 aliphatic rings. The van der Waals surface area contributed by atoms with Gasteiger partial charge in [0.15, 0.2) is 5.82 Å². The van der Waals surface area contributed by atoms with E-state index in [0.29, 0.717) is 17.2 Å². The highest BCUT2D eigenvalue weighted by Gasteiger charge is 2.25. The Balaban J connectivity index is 1.85. The Morgan fingerprint density at radius 2 is 2.20 bits per heavy atom. The lowest BCUT2D eigenvalue weighted by Crippen LogP contribution is -2.37. The molecule has 114 valence electrons. The summed E-state index contributed by atoms with van der Waals surface area (Å²) in [5.41, 5.74) is 0. The summed E-state index contributed by atoms with van der Waals surface area (Å²) >= 11 is 1.90. The number of nitrogens with zero attached hydrogens (tertiary/aromatic N) is 2. The third-order valence-corrected chi connectivity index (χ3v) is 5.63. The lowest BCUT2D eigenvalue weighted by atomic mass is 9.82. The van der Waals surface area contributed by atoms with Crippen LogP contribution in [0.1, 0.15) is 57.7 Å². The van der Waals surface area contributed by atoms with Crippen LogP contribution in [0.5, 0.6) is 0 Å². The number of hydrogen-bond acceptors (Lipinski definition) is 5. The minimum absolute atomic E-state index is 0.605. The fraction of sp³-hybridized carbons (Fsp3) is 0.867. The summed E-state index contributed by atoms with van der Waals surface area (Å²) in [5, 5.41) is 8.20. The van der Waals surface area contributed by atoms with E-state index in [1.165, 1.54) is 32.1 Å². The Bertz CT molecular complexity index is 396. The van der Waals surface area contributed by atoms with E-state index in [1.54, 1.807) is 0 Å². The maximum Gasteiger partial charge on any atom is 0.227 e. The van der Waals surface area contributed by atoms with E-state index >= 15 is 0 Å². The van der Waals surface area contributed by atoms with Gasteiger partial charge in [0.25, 0.3) is 0 Å². The molecule has 20 heavy (non-hydrogen) atoms. The van der Waals surface area contributed by atoms with Crippen LogP contribution in [0.25, 0.3) is 0 Å². The molecule has 2 rings (SSSR count). The van der Waals surface area contributed by atoms with E-state index < -0.39 is 0 Å². The molecule has 0 saturated heterocycles. The highest BCUT2D eigenvalue weighted by atomic mass is 32.2. The van der Waals surface area contributed by atoms with E-state index in [0.717, 1.165) is 23.9 Å². The molecule has 4 nitrogen and oxygen atoms in total. The second-order valence-electron chi connectivity index (χ2n) is 5.78. The Labute approximate surface area is 126 Å². The average Bonchev–Trinajstić information content (AvgIpc) is 2.93. The third-order valence-electron chi connectivity index (χ3n) is 4.30. The van der Waals surface area contributed by atoms with Gasteiger partial charge in [0, 0.05) is 17.7 Å². The van der Waals surface area contributed by atoms with Gasteiger partial charge < -0.3 is 9.84 Å². The smallest absolute Gasteiger partial charge is 0.227 e. The van der Waals surface area contributed by atoms with E-state index in [9.17, 15) is 0 Å². The largest absolute Gasteiger partial charge is 0.339 e. The minimum atomic E-state index is 0.605. The van der Waals surface area contributed by atoms with Crippen LogP contribution < -0.4 is 5.32 Å². The Kier molecular flexibility index (Phi) is 6.36. The molecule has 1 aliphatic carbocycles. The molecule has 0 bridgehead atoms. The first-order valence-corrected chi connectivity index (χ1v) is 8.88. The number of hydrogen-bond donors (Lipinski definition) is 1. The monoisotopic (exact) mass is 297 g/mol. The minimum Gasteiger partial charge on any atom is -0.339 e. The molecule has 3 atom stereocenters. The van der Waals surface area contributed by atoms with E-state index in [-0.39, 0.29) is 0 Å². The van der Waals surface area contributed by atoms with Crippen LogP contribution in [0.2, 0.25) is 0 Å². The summed E-state index contributed by atoms with van der Waals surface area (Å²) in [6.07, 6.45) is 7.31. The van der Waals surface area contributed by atoms with Crippen LogP contribution in [0.3, 0.4) is 0 Å². The fourth-order valence-electron chi connectivity index (χ4n) is 2.82. The van der Waals surface area contributed by atoms with Crippen molar-refractivity contribution in [3.8, 4) is 0 Å². The molecule has 1 saturated carbocycles. The van der Waals surface area contributed by atoms with Crippen LogP contribution in [0, 0.1) is 5.92 Å². The van der Waals surface area contributed by atoms with E-state index in [4.69, 9.17) is 4.52 Å². The number of aromatic nitrogens is 2. The molecular formula is C15H27N3OS. The van der Waals surface area contributed by atoms with Crippen molar-refractivity contribution in [3.05, 3.63) is 11.7 Å². The van der Waals surface area contributed by atoms with Crippen molar-refractivity contribution in [2.45, 2.75) is 69.4 Å². The molecule has 0 radical (unpaired) electrons. The van der Waals surface area contributed by atoms with Crippen LogP contribution in [-0.4, -0.2) is 28.5 Å². The zero-order valence-electron chi connectivity index (χ0n) is 12.9. The molecule has 0 aromatic carbocycles. The van der Waals surface area contributed by atoms with Gasteiger partial charge in [-0.05, 0) is 32.2 Å². The predicted octanol–water partition coefficient (Wildman–Crippen LogP) is 3.42. The van der Waals surface area contributed by atoms with Gasteiger partial charge in [-0.2, -0.15) is 16.7 Å². The molecule has 1 fully saturated rings. The first kappa shape index (κ1) is 15.8. The molecule has 1 N–H and O–H groups in total. The topological polar surface area (TPSA) is 51.0 Å². The maximum atomic E-state index is 5.42. The summed E-state index contributed by atoms with van der Waals surface area (Å²) in [6, 6.07) is 0.605. The number of rotatable bonds is 7.